The van der Waals surface area contributed by atoms with Crippen LogP contribution >= 0.6 is 11.8 Å². The molecule has 21 heavy (non-hydrogen) atoms. The molecule has 0 unspecified atom stereocenters. The summed E-state index contributed by atoms with van der Waals surface area (Å²) in [5.41, 5.74) is 3.00. The van der Waals surface area contributed by atoms with Crippen LogP contribution in [-0.4, -0.2) is 17.9 Å². The lowest BCUT2D eigenvalue weighted by molar-refractivity contribution is -0.114. The number of hydrogen-bond acceptors (Lipinski definition) is 3. The minimum atomic E-state index is -0.429. The molecule has 0 saturated carbocycles. The molecule has 2 aromatic carbocycles. The molecule has 0 spiro atoms. The summed E-state index contributed by atoms with van der Waals surface area (Å²) in [7, 11) is 0. The van der Waals surface area contributed by atoms with Gasteiger partial charge in [0, 0.05) is 22.9 Å². The Morgan fingerprint density at radius 1 is 1.10 bits per heavy atom. The number of amides is 1. The van der Waals surface area contributed by atoms with E-state index in [0.29, 0.717) is 16.8 Å². The Bertz CT molecular complexity index is 786. The molecule has 1 aliphatic carbocycles. The number of nitrogens with one attached hydrogen (secondary N) is 1. The van der Waals surface area contributed by atoms with E-state index in [1.54, 1.807) is 12.1 Å². The largest absolute Gasteiger partial charge is 0.325 e. The van der Waals surface area contributed by atoms with Gasteiger partial charge in [0.2, 0.25) is 5.91 Å². The van der Waals surface area contributed by atoms with Crippen LogP contribution in [0.4, 0.5) is 10.1 Å². The van der Waals surface area contributed by atoms with Gasteiger partial charge in [0.15, 0.2) is 5.78 Å². The van der Waals surface area contributed by atoms with E-state index >= 15 is 0 Å². The summed E-state index contributed by atoms with van der Waals surface area (Å²) in [6.45, 7) is 1.42. The highest BCUT2D eigenvalue weighted by molar-refractivity contribution is 7.98. The van der Waals surface area contributed by atoms with Gasteiger partial charge >= 0.3 is 0 Å². The van der Waals surface area contributed by atoms with Gasteiger partial charge in [0.1, 0.15) is 5.82 Å². The molecule has 5 heteroatoms. The predicted molar refractivity (Wildman–Crippen MR) is 81.4 cm³/mol. The number of halogens is 1. The van der Waals surface area contributed by atoms with Crippen LogP contribution < -0.4 is 5.32 Å². The van der Waals surface area contributed by atoms with Crippen molar-refractivity contribution in [1.82, 2.24) is 0 Å². The number of anilines is 1. The van der Waals surface area contributed by atoms with Crippen LogP contribution in [0.2, 0.25) is 0 Å². The van der Waals surface area contributed by atoms with E-state index < -0.39 is 5.82 Å². The molecule has 0 heterocycles. The van der Waals surface area contributed by atoms with Crippen LogP contribution in [0, 0.1) is 5.82 Å². The van der Waals surface area contributed by atoms with Gasteiger partial charge in [-0.15, -0.1) is 11.8 Å². The maximum absolute atomic E-state index is 13.3. The molecular formula is C16H12FNO2S. The van der Waals surface area contributed by atoms with Crippen molar-refractivity contribution in [2.75, 3.05) is 11.6 Å². The third-order valence-corrected chi connectivity index (χ3v) is 4.19. The van der Waals surface area contributed by atoms with Gasteiger partial charge in [-0.1, -0.05) is 6.07 Å². The van der Waals surface area contributed by atoms with Crippen molar-refractivity contribution in [2.24, 2.45) is 0 Å². The Hall–Kier alpha value is -2.14. The summed E-state index contributed by atoms with van der Waals surface area (Å²) < 4.78 is 13.3. The second-order valence-electron chi connectivity index (χ2n) is 4.80. The molecule has 0 radical (unpaired) electrons. The number of carbonyl (C=O) groups excluding carboxylic acids is 2. The molecule has 3 rings (SSSR count). The van der Waals surface area contributed by atoms with Gasteiger partial charge in [-0.25, -0.2) is 4.39 Å². The zero-order valence-electron chi connectivity index (χ0n) is 11.5. The highest BCUT2D eigenvalue weighted by Gasteiger charge is 2.28. The number of rotatable bonds is 2. The van der Waals surface area contributed by atoms with E-state index in [4.69, 9.17) is 0 Å². The number of hydrogen-bond donors (Lipinski definition) is 1. The van der Waals surface area contributed by atoms with Gasteiger partial charge in [0.05, 0.1) is 5.69 Å². The van der Waals surface area contributed by atoms with E-state index in [9.17, 15) is 14.0 Å². The summed E-state index contributed by atoms with van der Waals surface area (Å²) in [5.74, 6) is -0.833. The summed E-state index contributed by atoms with van der Waals surface area (Å²) >= 11 is 1.48. The molecule has 106 valence electrons. The quantitative estimate of drug-likeness (QED) is 0.734. The Morgan fingerprint density at radius 2 is 1.81 bits per heavy atom. The minimum absolute atomic E-state index is 0.195. The molecule has 0 fully saturated rings. The summed E-state index contributed by atoms with van der Waals surface area (Å²) in [6, 6.07) is 7.77. The smallest absolute Gasteiger partial charge is 0.221 e. The Morgan fingerprint density at radius 3 is 2.48 bits per heavy atom. The topological polar surface area (TPSA) is 46.2 Å². The van der Waals surface area contributed by atoms with E-state index in [0.717, 1.165) is 16.0 Å². The van der Waals surface area contributed by atoms with E-state index in [-0.39, 0.29) is 11.7 Å². The van der Waals surface area contributed by atoms with Gasteiger partial charge in [-0.05, 0) is 41.6 Å². The van der Waals surface area contributed by atoms with Crippen molar-refractivity contribution in [1.29, 1.82) is 0 Å². The monoisotopic (exact) mass is 301 g/mol. The normalized spacial score (nSPS) is 12.0. The number of ketones is 1. The molecule has 0 saturated heterocycles. The average Bonchev–Trinajstić information content (AvgIpc) is 2.70. The number of fused-ring (bicyclic) bond motifs is 3. The SMILES string of the molecule is CSc1cc2c(cc1NC(C)=O)C(=O)c1cc(F)ccc1-2. The maximum Gasteiger partial charge on any atom is 0.221 e. The van der Waals surface area contributed by atoms with Gasteiger partial charge in [0.25, 0.3) is 0 Å². The lowest BCUT2D eigenvalue weighted by Crippen LogP contribution is -2.08. The van der Waals surface area contributed by atoms with Gasteiger partial charge in [-0.3, -0.25) is 9.59 Å². The molecule has 1 amide bonds. The first-order valence-corrected chi connectivity index (χ1v) is 7.58. The highest BCUT2D eigenvalue weighted by atomic mass is 32.2. The van der Waals surface area contributed by atoms with Crippen molar-refractivity contribution in [3.63, 3.8) is 0 Å². The van der Waals surface area contributed by atoms with Crippen LogP contribution in [0.5, 0.6) is 0 Å². The number of carbonyl (C=O) groups is 2. The third-order valence-electron chi connectivity index (χ3n) is 3.41. The average molecular weight is 301 g/mol. The third kappa shape index (κ3) is 2.23. The van der Waals surface area contributed by atoms with Crippen molar-refractivity contribution < 1.29 is 14.0 Å². The van der Waals surface area contributed by atoms with Crippen LogP contribution in [0.1, 0.15) is 22.8 Å². The molecule has 0 atom stereocenters. The Kier molecular flexibility index (Phi) is 3.29. The van der Waals surface area contributed by atoms with Crippen molar-refractivity contribution in [3.8, 4) is 11.1 Å². The lowest BCUT2D eigenvalue weighted by atomic mass is 10.1. The fourth-order valence-electron chi connectivity index (χ4n) is 2.53. The molecule has 0 aliphatic heterocycles. The molecule has 3 nitrogen and oxygen atoms in total. The summed E-state index contributed by atoms with van der Waals surface area (Å²) in [6.07, 6.45) is 1.90. The first-order chi connectivity index (χ1) is 10.0. The molecule has 0 aromatic heterocycles. The fourth-order valence-corrected chi connectivity index (χ4v) is 3.10. The predicted octanol–water partition coefficient (Wildman–Crippen LogP) is 3.72. The van der Waals surface area contributed by atoms with Crippen LogP contribution in [0.25, 0.3) is 11.1 Å². The second-order valence-corrected chi connectivity index (χ2v) is 5.65. The first-order valence-electron chi connectivity index (χ1n) is 6.35. The van der Waals surface area contributed by atoms with E-state index in [1.165, 1.54) is 30.8 Å². The van der Waals surface area contributed by atoms with Crippen LogP contribution in [0.3, 0.4) is 0 Å². The molecular weight excluding hydrogens is 289 g/mol. The highest BCUT2D eigenvalue weighted by Crippen LogP contribution is 2.41. The maximum atomic E-state index is 13.3. The minimum Gasteiger partial charge on any atom is -0.325 e. The Labute approximate surface area is 125 Å². The zero-order chi connectivity index (χ0) is 15.1. The number of benzene rings is 2. The summed E-state index contributed by atoms with van der Waals surface area (Å²) in [4.78, 5) is 24.5. The zero-order valence-corrected chi connectivity index (χ0v) is 12.3. The summed E-state index contributed by atoms with van der Waals surface area (Å²) in [5, 5.41) is 2.73. The molecule has 2 aromatic rings. The Balaban J connectivity index is 2.21. The van der Waals surface area contributed by atoms with Crippen LogP contribution in [-0.2, 0) is 4.79 Å². The van der Waals surface area contributed by atoms with Gasteiger partial charge in [-0.2, -0.15) is 0 Å². The second kappa shape index (κ2) is 5.00. The van der Waals surface area contributed by atoms with Crippen molar-refractivity contribution >= 4 is 29.1 Å². The first kappa shape index (κ1) is 13.8. The fraction of sp³-hybridized carbons (Fsp3) is 0.125. The standard InChI is InChI=1S/C16H12FNO2S/c1-8(19)18-14-6-13-11(7-15(14)21-2)10-4-3-9(17)5-12(10)16(13)20/h3-7H,1-2H3,(H,18,19). The van der Waals surface area contributed by atoms with Gasteiger partial charge < -0.3 is 5.32 Å². The number of thioether (sulfide) groups is 1. The van der Waals surface area contributed by atoms with Crippen molar-refractivity contribution in [2.45, 2.75) is 11.8 Å². The van der Waals surface area contributed by atoms with Crippen LogP contribution in [0.15, 0.2) is 35.2 Å². The van der Waals surface area contributed by atoms with Crippen molar-refractivity contribution in [3.05, 3.63) is 47.3 Å². The molecule has 0 bridgehead atoms. The van der Waals surface area contributed by atoms with E-state index in [1.807, 2.05) is 12.3 Å². The van der Waals surface area contributed by atoms with E-state index in [2.05, 4.69) is 5.32 Å². The molecule has 1 aliphatic rings. The lowest BCUT2D eigenvalue weighted by Gasteiger charge is -2.10. The molecule has 1 N–H and O–H groups in total.